The maximum Gasteiger partial charge on any atom is 0.0558 e. The molecule has 2 atom stereocenters. The number of nitrogens with two attached hydrogens (primary N) is 1. The average molecular weight is 283 g/mol. The average Bonchev–Trinajstić information content (AvgIpc) is 2.74. The zero-order valence-corrected chi connectivity index (χ0v) is 13.4. The lowest BCUT2D eigenvalue weighted by Crippen LogP contribution is -2.31. The number of rotatable bonds is 2. The highest BCUT2D eigenvalue weighted by Crippen LogP contribution is 2.42. The number of aryl methyl sites for hydroxylation is 1. The number of hydrogen-bond donors (Lipinski definition) is 1. The molecule has 2 N–H and O–H groups in total. The van der Waals surface area contributed by atoms with E-state index in [1.807, 2.05) is 12.4 Å². The van der Waals surface area contributed by atoms with Crippen LogP contribution in [0.2, 0.25) is 0 Å². The van der Waals surface area contributed by atoms with Gasteiger partial charge >= 0.3 is 0 Å². The molecule has 1 aliphatic rings. The van der Waals surface area contributed by atoms with E-state index in [9.17, 15) is 0 Å². The second kappa shape index (κ2) is 4.99. The van der Waals surface area contributed by atoms with Crippen LogP contribution in [0, 0.1) is 12.3 Å². The van der Waals surface area contributed by atoms with Gasteiger partial charge in [-0.2, -0.15) is 0 Å². The van der Waals surface area contributed by atoms with Gasteiger partial charge in [0.2, 0.25) is 0 Å². The summed E-state index contributed by atoms with van der Waals surface area (Å²) < 4.78 is 2.46. The van der Waals surface area contributed by atoms with Crippen molar-refractivity contribution in [3.63, 3.8) is 0 Å². The van der Waals surface area contributed by atoms with E-state index in [0.717, 1.165) is 12.8 Å². The first-order valence-corrected chi connectivity index (χ1v) is 7.75. The molecular formula is C18H25N3. The van der Waals surface area contributed by atoms with E-state index in [4.69, 9.17) is 5.73 Å². The lowest BCUT2D eigenvalue weighted by Gasteiger charge is -2.35. The van der Waals surface area contributed by atoms with E-state index < -0.39 is 0 Å². The van der Waals surface area contributed by atoms with Crippen LogP contribution >= 0.6 is 0 Å². The zero-order chi connectivity index (χ0) is 15.2. The van der Waals surface area contributed by atoms with E-state index >= 15 is 0 Å². The minimum absolute atomic E-state index is 0.161. The molecule has 0 aromatic carbocycles. The Hall–Kier alpha value is -1.61. The van der Waals surface area contributed by atoms with Crippen LogP contribution in [0.1, 0.15) is 61.8 Å². The fourth-order valence-corrected chi connectivity index (χ4v) is 3.80. The number of hydrogen-bond acceptors (Lipinski definition) is 2. The van der Waals surface area contributed by atoms with E-state index in [2.05, 4.69) is 55.4 Å². The van der Waals surface area contributed by atoms with Gasteiger partial charge in [-0.1, -0.05) is 13.8 Å². The lowest BCUT2D eigenvalue weighted by atomic mass is 9.74. The van der Waals surface area contributed by atoms with Crippen LogP contribution in [0.3, 0.4) is 0 Å². The predicted octanol–water partition coefficient (Wildman–Crippen LogP) is 3.77. The van der Waals surface area contributed by atoms with Crippen molar-refractivity contribution in [2.45, 2.75) is 52.6 Å². The Morgan fingerprint density at radius 3 is 2.67 bits per heavy atom. The highest BCUT2D eigenvalue weighted by molar-refractivity contribution is 5.36. The smallest absolute Gasteiger partial charge is 0.0558 e. The van der Waals surface area contributed by atoms with Crippen LogP contribution in [-0.4, -0.2) is 9.55 Å². The molecule has 0 aliphatic heterocycles. The number of fused-ring (bicyclic) bond motifs is 1. The van der Waals surface area contributed by atoms with Crippen molar-refractivity contribution >= 4 is 0 Å². The third-order valence-corrected chi connectivity index (χ3v) is 4.76. The number of aromatic nitrogens is 2. The summed E-state index contributed by atoms with van der Waals surface area (Å²) in [4.78, 5) is 4.12. The predicted molar refractivity (Wildman–Crippen MR) is 86.2 cm³/mol. The molecule has 3 rings (SSSR count). The summed E-state index contributed by atoms with van der Waals surface area (Å²) in [5.41, 5.74) is 12.0. The molecule has 0 bridgehead atoms. The fourth-order valence-electron chi connectivity index (χ4n) is 3.80. The monoisotopic (exact) mass is 283 g/mol. The lowest BCUT2D eigenvalue weighted by molar-refractivity contribution is 0.274. The van der Waals surface area contributed by atoms with E-state index in [1.54, 1.807) is 0 Å². The number of nitrogens with zero attached hydrogens (tertiary/aromatic N) is 2. The SMILES string of the molecule is Cc1cc2c(n1C(C)c1ccncc1)CC(C)(C)CC2N. The molecule has 1 aliphatic carbocycles. The molecule has 2 aromatic heterocycles. The summed E-state index contributed by atoms with van der Waals surface area (Å²) in [6.45, 7) is 9.09. The van der Waals surface area contributed by atoms with Gasteiger partial charge in [0.25, 0.3) is 0 Å². The molecule has 0 radical (unpaired) electrons. The van der Waals surface area contributed by atoms with Gasteiger partial charge in [-0.3, -0.25) is 4.98 Å². The molecular weight excluding hydrogens is 258 g/mol. The molecule has 0 saturated carbocycles. The first kappa shape index (κ1) is 14.3. The summed E-state index contributed by atoms with van der Waals surface area (Å²) in [5.74, 6) is 0. The third kappa shape index (κ3) is 2.51. The normalized spacial score (nSPS) is 21.9. The summed E-state index contributed by atoms with van der Waals surface area (Å²) in [7, 11) is 0. The largest absolute Gasteiger partial charge is 0.341 e. The molecule has 112 valence electrons. The Kier molecular flexibility index (Phi) is 3.40. The molecule has 2 heterocycles. The van der Waals surface area contributed by atoms with Crippen molar-refractivity contribution in [3.8, 4) is 0 Å². The Labute approximate surface area is 127 Å². The molecule has 2 aromatic rings. The van der Waals surface area contributed by atoms with Crippen molar-refractivity contribution in [3.05, 3.63) is 53.1 Å². The Morgan fingerprint density at radius 1 is 1.33 bits per heavy atom. The third-order valence-electron chi connectivity index (χ3n) is 4.76. The highest BCUT2D eigenvalue weighted by Gasteiger charge is 2.34. The van der Waals surface area contributed by atoms with Crippen molar-refractivity contribution in [2.75, 3.05) is 0 Å². The summed E-state index contributed by atoms with van der Waals surface area (Å²) in [6.07, 6.45) is 5.89. The van der Waals surface area contributed by atoms with E-state index in [1.165, 1.54) is 22.5 Å². The quantitative estimate of drug-likeness (QED) is 0.911. The minimum Gasteiger partial charge on any atom is -0.341 e. The zero-order valence-electron chi connectivity index (χ0n) is 13.4. The van der Waals surface area contributed by atoms with Gasteiger partial charge in [-0.15, -0.1) is 0 Å². The van der Waals surface area contributed by atoms with Crippen LogP contribution in [0.5, 0.6) is 0 Å². The van der Waals surface area contributed by atoms with Crippen LogP contribution in [0.4, 0.5) is 0 Å². The molecule has 0 saturated heterocycles. The molecule has 0 spiro atoms. The van der Waals surface area contributed by atoms with Crippen molar-refractivity contribution in [1.82, 2.24) is 9.55 Å². The van der Waals surface area contributed by atoms with Gasteiger partial charge < -0.3 is 10.3 Å². The molecule has 2 unspecified atom stereocenters. The van der Waals surface area contributed by atoms with E-state index in [0.29, 0.717) is 6.04 Å². The molecule has 3 heteroatoms. The minimum atomic E-state index is 0.161. The Balaban J connectivity index is 2.08. The van der Waals surface area contributed by atoms with Crippen LogP contribution in [-0.2, 0) is 6.42 Å². The topological polar surface area (TPSA) is 43.8 Å². The summed E-state index contributed by atoms with van der Waals surface area (Å²) in [6, 6.07) is 6.97. The summed E-state index contributed by atoms with van der Waals surface area (Å²) >= 11 is 0. The van der Waals surface area contributed by atoms with Crippen molar-refractivity contribution in [2.24, 2.45) is 11.1 Å². The van der Waals surface area contributed by atoms with Gasteiger partial charge in [0, 0.05) is 29.8 Å². The van der Waals surface area contributed by atoms with E-state index in [-0.39, 0.29) is 11.5 Å². The second-order valence-electron chi connectivity index (χ2n) is 7.17. The second-order valence-corrected chi connectivity index (χ2v) is 7.17. The highest BCUT2D eigenvalue weighted by atomic mass is 15.0. The Morgan fingerprint density at radius 2 is 2.00 bits per heavy atom. The van der Waals surface area contributed by atoms with Gasteiger partial charge in [0.05, 0.1) is 6.04 Å². The fraction of sp³-hybridized carbons (Fsp3) is 0.500. The standard InChI is InChI=1S/C18H25N3/c1-12-9-15-16(19)10-18(3,4)11-17(15)21(12)13(2)14-5-7-20-8-6-14/h5-9,13,16H,10-11,19H2,1-4H3. The first-order chi connectivity index (χ1) is 9.89. The van der Waals surface area contributed by atoms with Gasteiger partial charge in [-0.05, 0) is 61.4 Å². The van der Waals surface area contributed by atoms with Crippen LogP contribution in [0.15, 0.2) is 30.6 Å². The summed E-state index contributed by atoms with van der Waals surface area (Å²) in [5, 5.41) is 0. The molecule has 21 heavy (non-hydrogen) atoms. The molecule has 0 amide bonds. The maximum absolute atomic E-state index is 6.42. The Bertz CT molecular complexity index is 640. The van der Waals surface area contributed by atoms with Crippen LogP contribution < -0.4 is 5.73 Å². The van der Waals surface area contributed by atoms with Crippen molar-refractivity contribution < 1.29 is 0 Å². The van der Waals surface area contributed by atoms with Gasteiger partial charge in [0.1, 0.15) is 0 Å². The number of pyridine rings is 1. The maximum atomic E-state index is 6.42. The van der Waals surface area contributed by atoms with Crippen molar-refractivity contribution in [1.29, 1.82) is 0 Å². The van der Waals surface area contributed by atoms with Gasteiger partial charge in [0.15, 0.2) is 0 Å². The molecule has 3 nitrogen and oxygen atoms in total. The molecule has 0 fully saturated rings. The van der Waals surface area contributed by atoms with Crippen LogP contribution in [0.25, 0.3) is 0 Å². The first-order valence-electron chi connectivity index (χ1n) is 7.75. The van der Waals surface area contributed by atoms with Gasteiger partial charge in [-0.25, -0.2) is 0 Å².